The molecule has 0 unspecified atom stereocenters. The Hall–Kier alpha value is -2.61. The highest BCUT2D eigenvalue weighted by atomic mass is 32.2. The van der Waals surface area contributed by atoms with Crippen molar-refractivity contribution in [1.82, 2.24) is 19.7 Å². The highest BCUT2D eigenvalue weighted by Gasteiger charge is 2.15. The minimum atomic E-state index is -3.64. The van der Waals surface area contributed by atoms with Crippen LogP contribution in [0.1, 0.15) is 5.56 Å². The average Bonchev–Trinajstić information content (AvgIpc) is 3.11. The first kappa shape index (κ1) is 13.4. The van der Waals surface area contributed by atoms with Crippen molar-refractivity contribution >= 4 is 15.7 Å². The summed E-state index contributed by atoms with van der Waals surface area (Å²) < 4.78 is 28.6. The smallest absolute Gasteiger partial charge is 0.278 e. The minimum absolute atomic E-state index is 0.0301. The summed E-state index contributed by atoms with van der Waals surface area (Å²) in [5.74, 6) is 0. The molecule has 2 N–H and O–H groups in total. The summed E-state index contributed by atoms with van der Waals surface area (Å²) in [5.41, 5.74) is 1.47. The Kier molecular flexibility index (Phi) is 3.44. The number of H-pyrrole nitrogens is 1. The SMILES string of the molecule is O=S(=O)(Nc1cccc(Cn2ccnc2)c1)c1ccn[nH]1. The van der Waals surface area contributed by atoms with Gasteiger partial charge in [0.1, 0.15) is 0 Å². The van der Waals surface area contributed by atoms with Gasteiger partial charge in [0, 0.05) is 24.6 Å². The molecule has 0 saturated carbocycles. The van der Waals surface area contributed by atoms with E-state index in [0.29, 0.717) is 12.2 Å². The fraction of sp³-hybridized carbons (Fsp3) is 0.0769. The number of nitrogens with one attached hydrogen (secondary N) is 2. The van der Waals surface area contributed by atoms with Crippen LogP contribution in [0, 0.1) is 0 Å². The second-order valence-electron chi connectivity index (χ2n) is 4.46. The molecule has 0 aliphatic rings. The Morgan fingerprint density at radius 3 is 2.86 bits per heavy atom. The molecule has 0 spiro atoms. The molecule has 2 aromatic heterocycles. The number of hydrogen-bond donors (Lipinski definition) is 2. The van der Waals surface area contributed by atoms with E-state index in [4.69, 9.17) is 0 Å². The molecule has 7 nitrogen and oxygen atoms in total. The quantitative estimate of drug-likeness (QED) is 0.746. The Bertz CT molecular complexity index is 810. The van der Waals surface area contributed by atoms with Crippen LogP contribution >= 0.6 is 0 Å². The van der Waals surface area contributed by atoms with Crippen LogP contribution in [0.5, 0.6) is 0 Å². The lowest BCUT2D eigenvalue weighted by atomic mass is 10.2. The summed E-state index contributed by atoms with van der Waals surface area (Å²) in [7, 11) is -3.64. The van der Waals surface area contributed by atoms with Crippen LogP contribution in [-0.4, -0.2) is 28.2 Å². The maximum Gasteiger partial charge on any atom is 0.278 e. The molecule has 0 amide bonds. The summed E-state index contributed by atoms with van der Waals surface area (Å²) in [5, 5.41) is 6.11. The molecule has 108 valence electrons. The van der Waals surface area contributed by atoms with Gasteiger partial charge in [0.25, 0.3) is 10.0 Å². The second-order valence-corrected chi connectivity index (χ2v) is 6.11. The molecule has 0 atom stereocenters. The number of rotatable bonds is 5. The Morgan fingerprint density at radius 2 is 2.14 bits per heavy atom. The standard InChI is InChI=1S/C13H13N5O2S/c19-21(20,13-4-5-15-16-13)17-12-3-1-2-11(8-12)9-18-7-6-14-10-18/h1-8,10,17H,9H2,(H,15,16). The Morgan fingerprint density at radius 1 is 1.24 bits per heavy atom. The molecule has 0 aliphatic carbocycles. The predicted molar refractivity (Wildman–Crippen MR) is 77.2 cm³/mol. The third-order valence-electron chi connectivity index (χ3n) is 2.87. The summed E-state index contributed by atoms with van der Waals surface area (Å²) in [6, 6.07) is 8.61. The molecule has 3 aromatic rings. The zero-order valence-electron chi connectivity index (χ0n) is 11.0. The van der Waals surface area contributed by atoms with E-state index in [1.807, 2.05) is 16.8 Å². The maximum atomic E-state index is 12.1. The molecular formula is C13H13N5O2S. The van der Waals surface area contributed by atoms with E-state index in [-0.39, 0.29) is 5.03 Å². The van der Waals surface area contributed by atoms with Crippen molar-refractivity contribution in [2.45, 2.75) is 11.6 Å². The first-order chi connectivity index (χ1) is 10.1. The van der Waals surface area contributed by atoms with Crippen LogP contribution < -0.4 is 4.72 Å². The molecule has 21 heavy (non-hydrogen) atoms. The van der Waals surface area contributed by atoms with Gasteiger partial charge in [0.2, 0.25) is 0 Å². The zero-order chi connectivity index (χ0) is 14.7. The van der Waals surface area contributed by atoms with Crippen LogP contribution in [0.25, 0.3) is 0 Å². The van der Waals surface area contributed by atoms with E-state index in [1.54, 1.807) is 30.7 Å². The lowest BCUT2D eigenvalue weighted by Crippen LogP contribution is -2.13. The van der Waals surface area contributed by atoms with Gasteiger partial charge in [-0.2, -0.15) is 13.5 Å². The lowest BCUT2D eigenvalue weighted by molar-refractivity contribution is 0.597. The Balaban J connectivity index is 1.80. The van der Waals surface area contributed by atoms with Crippen molar-refractivity contribution in [3.8, 4) is 0 Å². The van der Waals surface area contributed by atoms with Crippen molar-refractivity contribution in [3.63, 3.8) is 0 Å². The number of imidazole rings is 1. The molecule has 0 radical (unpaired) electrons. The van der Waals surface area contributed by atoms with Gasteiger partial charge in [-0.05, 0) is 23.8 Å². The number of sulfonamides is 1. The Labute approximate surface area is 121 Å². The number of nitrogens with zero attached hydrogens (tertiary/aromatic N) is 3. The monoisotopic (exact) mass is 303 g/mol. The fourth-order valence-corrected chi connectivity index (χ4v) is 2.89. The van der Waals surface area contributed by atoms with E-state index in [0.717, 1.165) is 5.56 Å². The van der Waals surface area contributed by atoms with Crippen LogP contribution in [0.15, 0.2) is 60.3 Å². The normalized spacial score (nSPS) is 11.4. The van der Waals surface area contributed by atoms with Crippen molar-refractivity contribution < 1.29 is 8.42 Å². The number of anilines is 1. The van der Waals surface area contributed by atoms with E-state index >= 15 is 0 Å². The van der Waals surface area contributed by atoms with Gasteiger partial charge in [-0.15, -0.1) is 0 Å². The summed E-state index contributed by atoms with van der Waals surface area (Å²) >= 11 is 0. The van der Waals surface area contributed by atoms with E-state index in [9.17, 15) is 8.42 Å². The summed E-state index contributed by atoms with van der Waals surface area (Å²) in [6.45, 7) is 0.625. The van der Waals surface area contributed by atoms with Crippen LogP contribution in [0.3, 0.4) is 0 Å². The number of benzene rings is 1. The molecule has 3 rings (SSSR count). The summed E-state index contributed by atoms with van der Waals surface area (Å²) in [4.78, 5) is 3.97. The largest absolute Gasteiger partial charge is 0.333 e. The van der Waals surface area contributed by atoms with E-state index in [1.165, 1.54) is 12.3 Å². The van der Waals surface area contributed by atoms with Crippen LogP contribution in [0.2, 0.25) is 0 Å². The van der Waals surface area contributed by atoms with Crippen molar-refractivity contribution in [3.05, 3.63) is 60.8 Å². The minimum Gasteiger partial charge on any atom is -0.333 e. The topological polar surface area (TPSA) is 92.7 Å². The maximum absolute atomic E-state index is 12.1. The highest BCUT2D eigenvalue weighted by molar-refractivity contribution is 7.92. The molecule has 0 aliphatic heterocycles. The molecule has 2 heterocycles. The molecular weight excluding hydrogens is 290 g/mol. The van der Waals surface area contributed by atoms with E-state index in [2.05, 4.69) is 19.9 Å². The van der Waals surface area contributed by atoms with Crippen LogP contribution in [-0.2, 0) is 16.6 Å². The first-order valence-corrected chi connectivity index (χ1v) is 7.69. The number of aromatic amines is 1. The number of hydrogen-bond acceptors (Lipinski definition) is 4. The predicted octanol–water partition coefficient (Wildman–Crippen LogP) is 1.46. The average molecular weight is 303 g/mol. The van der Waals surface area contributed by atoms with Crippen LogP contribution in [0.4, 0.5) is 5.69 Å². The summed E-state index contributed by atoms with van der Waals surface area (Å²) in [6.07, 6.45) is 6.65. The first-order valence-electron chi connectivity index (χ1n) is 6.20. The van der Waals surface area contributed by atoms with Crippen molar-refractivity contribution in [2.24, 2.45) is 0 Å². The van der Waals surface area contributed by atoms with E-state index < -0.39 is 10.0 Å². The molecule has 0 saturated heterocycles. The second kappa shape index (κ2) is 5.41. The fourth-order valence-electron chi connectivity index (χ4n) is 1.93. The molecule has 0 bridgehead atoms. The van der Waals surface area contributed by atoms with Gasteiger partial charge in [0.05, 0.1) is 12.5 Å². The zero-order valence-corrected chi connectivity index (χ0v) is 11.8. The van der Waals surface area contributed by atoms with Crippen molar-refractivity contribution in [2.75, 3.05) is 4.72 Å². The van der Waals surface area contributed by atoms with Gasteiger partial charge >= 0.3 is 0 Å². The third-order valence-corrected chi connectivity index (χ3v) is 4.18. The third kappa shape index (κ3) is 3.11. The highest BCUT2D eigenvalue weighted by Crippen LogP contribution is 2.16. The van der Waals surface area contributed by atoms with Gasteiger partial charge in [-0.3, -0.25) is 9.82 Å². The van der Waals surface area contributed by atoms with Gasteiger partial charge in [-0.25, -0.2) is 4.98 Å². The molecule has 0 fully saturated rings. The van der Waals surface area contributed by atoms with Gasteiger partial charge < -0.3 is 4.57 Å². The molecule has 8 heteroatoms. The van der Waals surface area contributed by atoms with Gasteiger partial charge in [-0.1, -0.05) is 12.1 Å². The number of aromatic nitrogens is 4. The van der Waals surface area contributed by atoms with Gasteiger partial charge in [0.15, 0.2) is 5.03 Å². The lowest BCUT2D eigenvalue weighted by Gasteiger charge is -2.08. The molecule has 1 aromatic carbocycles. The van der Waals surface area contributed by atoms with Crippen molar-refractivity contribution in [1.29, 1.82) is 0 Å².